The van der Waals surface area contributed by atoms with Crippen molar-refractivity contribution in [3.05, 3.63) is 0 Å². The van der Waals surface area contributed by atoms with Crippen LogP contribution in [0.15, 0.2) is 0 Å². The van der Waals surface area contributed by atoms with E-state index in [1.807, 2.05) is 6.92 Å². The van der Waals surface area contributed by atoms with E-state index in [2.05, 4.69) is 13.8 Å². The summed E-state index contributed by atoms with van der Waals surface area (Å²) < 4.78 is 10.7. The summed E-state index contributed by atoms with van der Waals surface area (Å²) in [4.78, 5) is 10.8. The second-order valence-electron chi connectivity index (χ2n) is 3.07. The molecule has 0 fully saturated rings. The molecule has 0 bridgehead atoms. The summed E-state index contributed by atoms with van der Waals surface area (Å²) >= 11 is 0. The first-order valence-electron chi connectivity index (χ1n) is 4.79. The molecule has 13 heavy (non-hydrogen) atoms. The fourth-order valence-electron chi connectivity index (χ4n) is 0.783. The minimum Gasteiger partial charge on any atom is -0.492 e. The zero-order chi connectivity index (χ0) is 10.3. The second-order valence-corrected chi connectivity index (χ2v) is 5.19. The van der Waals surface area contributed by atoms with Gasteiger partial charge < -0.3 is 8.85 Å². The van der Waals surface area contributed by atoms with Crippen molar-refractivity contribution in [1.82, 2.24) is 0 Å². The molecule has 0 heterocycles. The molecule has 0 saturated carbocycles. The lowest BCUT2D eigenvalue weighted by molar-refractivity contribution is -0.133. The smallest absolute Gasteiger partial charge is 0.462 e. The third-order valence-electron chi connectivity index (χ3n) is 1.71. The summed E-state index contributed by atoms with van der Waals surface area (Å²) in [6, 6.07) is 0. The van der Waals surface area contributed by atoms with E-state index in [0.29, 0.717) is 12.1 Å². The van der Waals surface area contributed by atoms with Gasteiger partial charge in [0.2, 0.25) is 0 Å². The maximum absolute atomic E-state index is 10.8. The topological polar surface area (TPSA) is 35.5 Å². The van der Waals surface area contributed by atoms with Crippen molar-refractivity contribution in [3.8, 4) is 0 Å². The van der Waals surface area contributed by atoms with Crippen molar-refractivity contribution in [3.63, 3.8) is 0 Å². The van der Waals surface area contributed by atoms with Crippen LogP contribution in [0.25, 0.3) is 0 Å². The highest BCUT2D eigenvalue weighted by Gasteiger charge is 2.25. The van der Waals surface area contributed by atoms with Crippen LogP contribution in [0.2, 0.25) is 5.54 Å². The summed E-state index contributed by atoms with van der Waals surface area (Å²) in [5.41, 5.74) is 0.362. The van der Waals surface area contributed by atoms with Gasteiger partial charge >= 0.3 is 9.28 Å². The van der Waals surface area contributed by atoms with Gasteiger partial charge in [0.1, 0.15) is 0 Å². The summed E-state index contributed by atoms with van der Waals surface area (Å²) in [7, 11) is -1.38. The zero-order valence-electron chi connectivity index (χ0n) is 8.92. The van der Waals surface area contributed by atoms with E-state index in [-0.39, 0.29) is 5.97 Å². The molecule has 0 amide bonds. The Hall–Kier alpha value is -0.353. The van der Waals surface area contributed by atoms with Crippen LogP contribution in [0.3, 0.4) is 0 Å². The highest BCUT2D eigenvalue weighted by Crippen LogP contribution is 2.15. The molecule has 77 valence electrons. The average Bonchev–Trinajstić information content (AvgIpc) is 2.10. The number of hydrogen-bond acceptors (Lipinski definition) is 3. The molecular formula is C9H19O3Si. The van der Waals surface area contributed by atoms with Crippen LogP contribution in [0.5, 0.6) is 0 Å². The molecule has 0 saturated heterocycles. The average molecular weight is 203 g/mol. The van der Waals surface area contributed by atoms with Gasteiger partial charge in [-0.3, -0.25) is 4.79 Å². The van der Waals surface area contributed by atoms with Gasteiger partial charge in [-0.15, -0.1) is 0 Å². The molecule has 1 radical (unpaired) electrons. The lowest BCUT2D eigenvalue weighted by atomic mass is 10.4. The maximum atomic E-state index is 10.8. The highest BCUT2D eigenvalue weighted by molar-refractivity contribution is 6.48. The van der Waals surface area contributed by atoms with E-state index in [0.717, 1.165) is 12.8 Å². The molecule has 4 heteroatoms. The van der Waals surface area contributed by atoms with Gasteiger partial charge in [0.25, 0.3) is 5.97 Å². The van der Waals surface area contributed by atoms with Crippen LogP contribution >= 0.6 is 0 Å². The molecular weight excluding hydrogens is 184 g/mol. The fraction of sp³-hybridized carbons (Fsp3) is 0.889. The number of carbonyl (C=O) groups is 1. The Bertz CT molecular complexity index is 150. The first-order chi connectivity index (χ1) is 6.11. The Morgan fingerprint density at radius 1 is 1.46 bits per heavy atom. The lowest BCUT2D eigenvalue weighted by Crippen LogP contribution is -2.29. The molecule has 1 unspecified atom stereocenters. The van der Waals surface area contributed by atoms with E-state index >= 15 is 0 Å². The van der Waals surface area contributed by atoms with Gasteiger partial charge in [0, 0.05) is 19.1 Å². The Morgan fingerprint density at radius 2 is 2.08 bits per heavy atom. The van der Waals surface area contributed by atoms with Crippen molar-refractivity contribution in [2.24, 2.45) is 0 Å². The number of carbonyl (C=O) groups excluding carboxylic acids is 1. The summed E-state index contributed by atoms with van der Waals surface area (Å²) in [5.74, 6) is -0.231. The summed E-state index contributed by atoms with van der Waals surface area (Å²) in [5, 5.41) is 0. The molecule has 0 aliphatic carbocycles. The Labute approximate surface area is 82.3 Å². The molecule has 0 aliphatic heterocycles. The van der Waals surface area contributed by atoms with Gasteiger partial charge in [-0.25, -0.2) is 0 Å². The Morgan fingerprint density at radius 3 is 2.46 bits per heavy atom. The highest BCUT2D eigenvalue weighted by atomic mass is 28.3. The van der Waals surface area contributed by atoms with E-state index in [1.54, 1.807) is 0 Å². The first kappa shape index (κ1) is 12.6. The van der Waals surface area contributed by atoms with Crippen molar-refractivity contribution < 1.29 is 13.6 Å². The van der Waals surface area contributed by atoms with Crippen LogP contribution in [-0.4, -0.2) is 21.9 Å². The number of rotatable bonds is 6. The predicted molar refractivity (Wildman–Crippen MR) is 53.5 cm³/mol. The molecule has 0 rings (SSSR count). The fourth-order valence-corrected chi connectivity index (χ4v) is 2.35. The van der Waals surface area contributed by atoms with E-state index in [1.165, 1.54) is 6.92 Å². The third-order valence-corrected chi connectivity index (χ3v) is 3.90. The van der Waals surface area contributed by atoms with E-state index in [9.17, 15) is 4.79 Å². The summed E-state index contributed by atoms with van der Waals surface area (Å²) in [6.45, 7) is 8.30. The van der Waals surface area contributed by atoms with Gasteiger partial charge in [-0.2, -0.15) is 0 Å². The standard InChI is InChI=1S/C9H19O3Si/c1-5-7-11-13(8(3)6-2)12-9(4)10/h8H,5-7H2,1-4H3. The van der Waals surface area contributed by atoms with Crippen molar-refractivity contribution in [1.29, 1.82) is 0 Å². The third kappa shape index (κ3) is 5.82. The largest absolute Gasteiger partial charge is 0.492 e. The zero-order valence-corrected chi connectivity index (χ0v) is 9.92. The van der Waals surface area contributed by atoms with Crippen LogP contribution in [0.4, 0.5) is 0 Å². The monoisotopic (exact) mass is 203 g/mol. The second kappa shape index (κ2) is 7.09. The quantitative estimate of drug-likeness (QED) is 0.621. The minimum absolute atomic E-state index is 0.231. The SMILES string of the molecule is CCCO[Si](OC(C)=O)C(C)CC. The molecule has 0 N–H and O–H groups in total. The maximum Gasteiger partial charge on any atom is 0.462 e. The van der Waals surface area contributed by atoms with Crippen molar-refractivity contribution in [2.45, 2.75) is 46.1 Å². The van der Waals surface area contributed by atoms with Crippen LogP contribution in [0.1, 0.15) is 40.5 Å². The molecule has 1 atom stereocenters. The minimum atomic E-state index is -1.38. The van der Waals surface area contributed by atoms with E-state index in [4.69, 9.17) is 8.85 Å². The summed E-state index contributed by atoms with van der Waals surface area (Å²) in [6.07, 6.45) is 1.96. The predicted octanol–water partition coefficient (Wildman–Crippen LogP) is 2.26. The molecule has 3 nitrogen and oxygen atoms in total. The van der Waals surface area contributed by atoms with Crippen molar-refractivity contribution in [2.75, 3.05) is 6.61 Å². The Balaban J connectivity index is 3.94. The van der Waals surface area contributed by atoms with Crippen molar-refractivity contribution >= 4 is 15.3 Å². The molecule has 0 spiro atoms. The molecule has 0 aromatic carbocycles. The van der Waals surface area contributed by atoms with Crippen LogP contribution in [0, 0.1) is 0 Å². The number of hydrogen-bond donors (Lipinski definition) is 0. The Kier molecular flexibility index (Phi) is 6.90. The molecule has 0 aromatic heterocycles. The molecule has 0 aliphatic rings. The van der Waals surface area contributed by atoms with Crippen LogP contribution < -0.4 is 0 Å². The van der Waals surface area contributed by atoms with E-state index < -0.39 is 9.28 Å². The lowest BCUT2D eigenvalue weighted by Gasteiger charge is -2.18. The van der Waals surface area contributed by atoms with Gasteiger partial charge in [-0.05, 0) is 6.42 Å². The normalized spacial score (nSPS) is 13.0. The van der Waals surface area contributed by atoms with Crippen LogP contribution in [-0.2, 0) is 13.6 Å². The molecule has 0 aromatic rings. The van der Waals surface area contributed by atoms with Gasteiger partial charge in [0.05, 0.1) is 0 Å². The first-order valence-corrected chi connectivity index (χ1v) is 6.19. The van der Waals surface area contributed by atoms with Gasteiger partial charge in [0.15, 0.2) is 0 Å². The van der Waals surface area contributed by atoms with Gasteiger partial charge in [-0.1, -0.05) is 27.2 Å².